The molecule has 0 aliphatic carbocycles. The summed E-state index contributed by atoms with van der Waals surface area (Å²) in [4.78, 5) is 0. The molecule has 0 aliphatic rings. The van der Waals surface area contributed by atoms with Crippen molar-refractivity contribution >= 4 is 0 Å². The molecular weight excluding hydrogens is 196 g/mol. The van der Waals surface area contributed by atoms with Crippen LogP contribution in [0.2, 0.25) is 0 Å². The maximum atomic E-state index is 9.21. The third-order valence-corrected chi connectivity index (χ3v) is 2.53. The molecule has 1 aromatic rings. The van der Waals surface area contributed by atoms with Gasteiger partial charge in [-0.25, -0.2) is 0 Å². The Kier molecular flexibility index (Phi) is 4.12. The van der Waals surface area contributed by atoms with E-state index < -0.39 is 0 Å². The summed E-state index contributed by atoms with van der Waals surface area (Å²) >= 11 is 0. The smallest absolute Gasteiger partial charge is 0.115 e. The average Bonchev–Trinajstić information content (AvgIpc) is 2.26. The minimum atomic E-state index is 0.246. The fourth-order valence-electron chi connectivity index (χ4n) is 1.37. The van der Waals surface area contributed by atoms with Gasteiger partial charge in [0.25, 0.3) is 0 Å². The van der Waals surface area contributed by atoms with Crippen molar-refractivity contribution in [2.24, 2.45) is 0 Å². The Hall–Kier alpha value is -1.76. The monoisotopic (exact) mass is 214 g/mol. The molecule has 1 heteroatoms. The molecule has 0 saturated carbocycles. The van der Waals surface area contributed by atoms with Crippen molar-refractivity contribution in [3.63, 3.8) is 0 Å². The van der Waals surface area contributed by atoms with Crippen LogP contribution in [0.15, 0.2) is 60.7 Å². The van der Waals surface area contributed by atoms with Gasteiger partial charge in [0, 0.05) is 5.92 Å². The van der Waals surface area contributed by atoms with Crippen molar-refractivity contribution in [2.45, 2.75) is 19.8 Å². The van der Waals surface area contributed by atoms with Crippen LogP contribution in [-0.4, -0.2) is 5.11 Å². The summed E-state index contributed by atoms with van der Waals surface area (Å²) in [6.45, 7) is 11.9. The van der Waals surface area contributed by atoms with Crippen LogP contribution in [0.5, 0.6) is 5.75 Å². The molecule has 16 heavy (non-hydrogen) atoms. The molecule has 84 valence electrons. The molecule has 0 bridgehead atoms. The Bertz CT molecular complexity index is 410. The lowest BCUT2D eigenvalue weighted by atomic mass is 9.93. The van der Waals surface area contributed by atoms with E-state index in [1.807, 2.05) is 31.2 Å². The summed E-state index contributed by atoms with van der Waals surface area (Å²) in [7, 11) is 0. The molecule has 0 fully saturated rings. The van der Waals surface area contributed by atoms with Gasteiger partial charge in [0.15, 0.2) is 0 Å². The number of hydrogen-bond acceptors (Lipinski definition) is 1. The zero-order valence-corrected chi connectivity index (χ0v) is 9.90. The van der Waals surface area contributed by atoms with Gasteiger partial charge in [0.05, 0.1) is 0 Å². The van der Waals surface area contributed by atoms with Crippen molar-refractivity contribution in [1.29, 1.82) is 0 Å². The highest BCUT2D eigenvalue weighted by Gasteiger charge is 2.06. The van der Waals surface area contributed by atoms with Crippen molar-refractivity contribution in [2.75, 3.05) is 0 Å². The quantitative estimate of drug-likeness (QED) is 0.745. The topological polar surface area (TPSA) is 20.2 Å². The first kappa shape index (κ1) is 12.3. The van der Waals surface area contributed by atoms with E-state index in [1.165, 1.54) is 0 Å². The molecule has 0 aromatic heterocycles. The maximum Gasteiger partial charge on any atom is 0.115 e. The minimum absolute atomic E-state index is 0.246. The van der Waals surface area contributed by atoms with Gasteiger partial charge in [-0.15, -0.1) is 0 Å². The van der Waals surface area contributed by atoms with Crippen LogP contribution in [0.3, 0.4) is 0 Å². The molecule has 1 nitrogen and oxygen atoms in total. The highest BCUT2D eigenvalue weighted by Crippen LogP contribution is 2.25. The van der Waals surface area contributed by atoms with Crippen molar-refractivity contribution < 1.29 is 5.11 Å². The lowest BCUT2D eigenvalue weighted by Gasteiger charge is -2.12. The van der Waals surface area contributed by atoms with Crippen LogP contribution in [-0.2, 0) is 0 Å². The first-order valence-electron chi connectivity index (χ1n) is 5.32. The van der Waals surface area contributed by atoms with E-state index in [9.17, 15) is 5.11 Å². The van der Waals surface area contributed by atoms with Gasteiger partial charge in [-0.05, 0) is 30.2 Å². The van der Waals surface area contributed by atoms with Gasteiger partial charge in [-0.2, -0.15) is 0 Å². The van der Waals surface area contributed by atoms with E-state index in [0.717, 1.165) is 16.7 Å². The van der Waals surface area contributed by atoms with Gasteiger partial charge in [-0.1, -0.05) is 49.9 Å². The van der Waals surface area contributed by atoms with Crippen LogP contribution < -0.4 is 0 Å². The normalized spacial score (nSPS) is 12.6. The van der Waals surface area contributed by atoms with E-state index in [1.54, 1.807) is 12.1 Å². The summed E-state index contributed by atoms with van der Waals surface area (Å²) < 4.78 is 0. The molecule has 0 spiro atoms. The maximum absolute atomic E-state index is 9.21. The van der Waals surface area contributed by atoms with Gasteiger partial charge in [-0.3, -0.25) is 0 Å². The van der Waals surface area contributed by atoms with Crippen LogP contribution in [0.25, 0.3) is 0 Å². The van der Waals surface area contributed by atoms with Crippen LogP contribution in [0, 0.1) is 0 Å². The first-order valence-corrected chi connectivity index (χ1v) is 5.32. The van der Waals surface area contributed by atoms with Crippen molar-refractivity contribution in [1.82, 2.24) is 0 Å². The Labute approximate surface area is 97.4 Å². The highest BCUT2D eigenvalue weighted by molar-refractivity contribution is 5.36. The number of allylic oxidation sites excluding steroid dienone is 4. The van der Waals surface area contributed by atoms with Gasteiger partial charge < -0.3 is 5.11 Å². The zero-order chi connectivity index (χ0) is 12.1. The van der Waals surface area contributed by atoms with E-state index >= 15 is 0 Å². The summed E-state index contributed by atoms with van der Waals surface area (Å²) in [6.07, 6.45) is 3.94. The molecule has 0 aliphatic heterocycles. The molecule has 1 N–H and O–H groups in total. The summed E-state index contributed by atoms with van der Waals surface area (Å²) in [5.41, 5.74) is 3.20. The molecule has 1 atom stereocenters. The summed E-state index contributed by atoms with van der Waals surface area (Å²) in [5, 5.41) is 9.21. The highest BCUT2D eigenvalue weighted by atomic mass is 16.3. The van der Waals surface area contributed by atoms with Crippen molar-refractivity contribution in [3.05, 3.63) is 66.3 Å². The SMILES string of the molecule is C=C(C)/C=C\C(=C)C(C)c1ccc(O)cc1. The van der Waals surface area contributed by atoms with Gasteiger partial charge in [0.1, 0.15) is 5.75 Å². The minimum Gasteiger partial charge on any atom is -0.508 e. The van der Waals surface area contributed by atoms with Crippen LogP contribution in [0.4, 0.5) is 0 Å². The van der Waals surface area contributed by atoms with E-state index in [0.29, 0.717) is 5.75 Å². The Balaban J connectivity index is 2.78. The summed E-state index contributed by atoms with van der Waals surface area (Å²) in [6, 6.07) is 7.22. The third-order valence-electron chi connectivity index (χ3n) is 2.53. The van der Waals surface area contributed by atoms with Gasteiger partial charge >= 0.3 is 0 Å². The second kappa shape index (κ2) is 5.36. The Morgan fingerprint density at radius 2 is 1.75 bits per heavy atom. The number of phenols is 1. The van der Waals surface area contributed by atoms with Crippen LogP contribution >= 0.6 is 0 Å². The van der Waals surface area contributed by atoms with Gasteiger partial charge in [0.2, 0.25) is 0 Å². The van der Waals surface area contributed by atoms with Crippen molar-refractivity contribution in [3.8, 4) is 5.75 Å². The zero-order valence-electron chi connectivity index (χ0n) is 9.90. The lowest BCUT2D eigenvalue weighted by Crippen LogP contribution is -1.94. The fourth-order valence-corrected chi connectivity index (χ4v) is 1.37. The predicted molar refractivity (Wildman–Crippen MR) is 69.6 cm³/mol. The number of rotatable bonds is 4. The second-order valence-corrected chi connectivity index (χ2v) is 4.07. The molecule has 0 saturated heterocycles. The Morgan fingerprint density at radius 3 is 2.25 bits per heavy atom. The Morgan fingerprint density at radius 1 is 1.19 bits per heavy atom. The van der Waals surface area contributed by atoms with E-state index in [2.05, 4.69) is 20.1 Å². The number of aromatic hydroxyl groups is 1. The van der Waals surface area contributed by atoms with E-state index in [4.69, 9.17) is 0 Å². The molecule has 0 radical (unpaired) electrons. The van der Waals surface area contributed by atoms with Crippen LogP contribution in [0.1, 0.15) is 25.3 Å². The third kappa shape index (κ3) is 3.43. The standard InChI is InChI=1S/C15H18O/c1-11(2)5-6-12(3)13(4)14-7-9-15(16)10-8-14/h5-10,13,16H,1,3H2,2,4H3/b6-5-. The molecular formula is C15H18O. The number of hydrogen-bond donors (Lipinski definition) is 1. The number of phenolic OH excluding ortho intramolecular Hbond substituents is 1. The van der Waals surface area contributed by atoms with E-state index in [-0.39, 0.29) is 5.92 Å². The largest absolute Gasteiger partial charge is 0.508 e. The molecule has 1 aromatic carbocycles. The second-order valence-electron chi connectivity index (χ2n) is 4.07. The first-order chi connectivity index (χ1) is 7.50. The molecule has 0 amide bonds. The molecule has 0 heterocycles. The fraction of sp³-hybridized carbons (Fsp3) is 0.200. The summed E-state index contributed by atoms with van der Waals surface area (Å²) in [5.74, 6) is 0.537. The molecule has 1 unspecified atom stereocenters. The molecule has 1 rings (SSSR count). The average molecular weight is 214 g/mol. The lowest BCUT2D eigenvalue weighted by molar-refractivity contribution is 0.475. The number of benzene rings is 1. The predicted octanol–water partition coefficient (Wildman–Crippen LogP) is 4.18.